The van der Waals surface area contributed by atoms with Gasteiger partial charge in [-0.05, 0) is 43.2 Å². The van der Waals surface area contributed by atoms with Gasteiger partial charge in [0.05, 0.1) is 6.61 Å². The minimum absolute atomic E-state index is 0.0312. The molecule has 0 aromatic heterocycles. The van der Waals surface area contributed by atoms with Crippen LogP contribution in [0.5, 0.6) is 5.75 Å². The normalized spacial score (nSPS) is 16.6. The summed E-state index contributed by atoms with van der Waals surface area (Å²) in [4.78, 5) is 12.1. The maximum atomic E-state index is 12.1. The molecule has 0 saturated carbocycles. The highest BCUT2D eigenvalue weighted by Gasteiger charge is 2.34. The first kappa shape index (κ1) is 19.1. The van der Waals surface area contributed by atoms with Gasteiger partial charge in [0.15, 0.2) is 0 Å². The zero-order chi connectivity index (χ0) is 17.3. The minimum Gasteiger partial charge on any atom is -0.494 e. The highest BCUT2D eigenvalue weighted by atomic mass is 32.2. The van der Waals surface area contributed by atoms with E-state index < -0.39 is 0 Å². The molecule has 1 aliphatic rings. The molecule has 0 spiro atoms. The maximum absolute atomic E-state index is 12.1. The van der Waals surface area contributed by atoms with E-state index in [0.717, 1.165) is 43.3 Å². The average Bonchev–Trinajstić information content (AvgIpc) is 2.62. The molecule has 24 heavy (non-hydrogen) atoms. The molecule has 1 aromatic carbocycles. The Labute approximate surface area is 149 Å². The fourth-order valence-electron chi connectivity index (χ4n) is 3.07. The van der Waals surface area contributed by atoms with Crippen molar-refractivity contribution in [3.8, 4) is 5.75 Å². The number of carbonyl (C=O) groups excluding carboxylic acids is 1. The molecule has 0 bridgehead atoms. The molecule has 0 unspecified atom stereocenters. The third kappa shape index (κ3) is 5.42. The molecule has 1 amide bonds. The molecular formula is C19H29NO3S. The van der Waals surface area contributed by atoms with E-state index in [2.05, 4.69) is 24.4 Å². The van der Waals surface area contributed by atoms with Crippen LogP contribution in [0.4, 0.5) is 0 Å². The van der Waals surface area contributed by atoms with Crippen molar-refractivity contribution < 1.29 is 14.3 Å². The van der Waals surface area contributed by atoms with Crippen LogP contribution in [0.3, 0.4) is 0 Å². The summed E-state index contributed by atoms with van der Waals surface area (Å²) in [6, 6.07) is 8.32. The van der Waals surface area contributed by atoms with Gasteiger partial charge in [0.1, 0.15) is 5.75 Å². The van der Waals surface area contributed by atoms with Crippen molar-refractivity contribution >= 4 is 17.7 Å². The lowest BCUT2D eigenvalue weighted by molar-refractivity contribution is -0.121. The van der Waals surface area contributed by atoms with E-state index in [1.807, 2.05) is 19.1 Å². The summed E-state index contributed by atoms with van der Waals surface area (Å²) < 4.78 is 11.1. The van der Waals surface area contributed by atoms with Gasteiger partial charge in [-0.2, -0.15) is 11.8 Å². The number of amides is 1. The first-order valence-corrected chi connectivity index (χ1v) is 10.0. The van der Waals surface area contributed by atoms with Crippen LogP contribution in [0.25, 0.3) is 0 Å². The Hall–Kier alpha value is -1.20. The topological polar surface area (TPSA) is 47.6 Å². The summed E-state index contributed by atoms with van der Waals surface area (Å²) in [5.74, 6) is 2.99. The number of rotatable bonds is 9. The van der Waals surface area contributed by atoms with Crippen LogP contribution in [0, 0.1) is 0 Å². The minimum atomic E-state index is -0.0312. The molecule has 5 heteroatoms. The van der Waals surface area contributed by atoms with Crippen molar-refractivity contribution in [2.75, 3.05) is 37.9 Å². The fourth-order valence-corrected chi connectivity index (χ4v) is 3.68. The Morgan fingerprint density at radius 2 is 1.96 bits per heavy atom. The van der Waals surface area contributed by atoms with E-state index in [9.17, 15) is 4.79 Å². The number of ether oxygens (including phenoxy) is 2. The van der Waals surface area contributed by atoms with E-state index in [-0.39, 0.29) is 11.3 Å². The SMILES string of the molecule is CCOc1ccc(C2(CNC(=O)CCSCC)CCOCC2)cc1. The lowest BCUT2D eigenvalue weighted by atomic mass is 9.74. The summed E-state index contributed by atoms with van der Waals surface area (Å²) in [6.45, 7) is 6.94. The lowest BCUT2D eigenvalue weighted by Crippen LogP contribution is -2.44. The van der Waals surface area contributed by atoms with Crippen LogP contribution in [0.15, 0.2) is 24.3 Å². The third-order valence-corrected chi connectivity index (χ3v) is 5.43. The number of benzene rings is 1. The predicted octanol–water partition coefficient (Wildman–Crippen LogP) is 3.39. The highest BCUT2D eigenvalue weighted by Crippen LogP contribution is 2.35. The van der Waals surface area contributed by atoms with Crippen LogP contribution in [-0.4, -0.2) is 43.8 Å². The molecule has 0 radical (unpaired) electrons. The fraction of sp³-hybridized carbons (Fsp3) is 0.632. The quantitative estimate of drug-likeness (QED) is 0.693. The zero-order valence-corrected chi connectivity index (χ0v) is 15.6. The number of thioether (sulfide) groups is 1. The van der Waals surface area contributed by atoms with Crippen LogP contribution >= 0.6 is 11.8 Å². The molecule has 2 rings (SSSR count). The molecule has 134 valence electrons. The van der Waals surface area contributed by atoms with Gasteiger partial charge in [-0.25, -0.2) is 0 Å². The summed E-state index contributed by atoms with van der Waals surface area (Å²) in [6.07, 6.45) is 2.46. The summed E-state index contributed by atoms with van der Waals surface area (Å²) >= 11 is 1.80. The van der Waals surface area contributed by atoms with Crippen molar-refractivity contribution in [3.05, 3.63) is 29.8 Å². The van der Waals surface area contributed by atoms with Gasteiger partial charge in [-0.3, -0.25) is 4.79 Å². The van der Waals surface area contributed by atoms with E-state index in [1.54, 1.807) is 11.8 Å². The molecule has 1 aliphatic heterocycles. The molecule has 0 aliphatic carbocycles. The van der Waals surface area contributed by atoms with Gasteiger partial charge in [0.2, 0.25) is 5.91 Å². The molecule has 1 aromatic rings. The van der Waals surface area contributed by atoms with Crippen molar-refractivity contribution in [1.82, 2.24) is 5.32 Å². The van der Waals surface area contributed by atoms with E-state index >= 15 is 0 Å². The van der Waals surface area contributed by atoms with E-state index in [1.165, 1.54) is 5.56 Å². The molecule has 1 fully saturated rings. The average molecular weight is 352 g/mol. The Bertz CT molecular complexity index is 498. The number of carbonyl (C=O) groups is 1. The van der Waals surface area contributed by atoms with Crippen molar-refractivity contribution in [3.63, 3.8) is 0 Å². The van der Waals surface area contributed by atoms with Crippen molar-refractivity contribution in [1.29, 1.82) is 0 Å². The second-order valence-corrected chi connectivity index (χ2v) is 7.47. The van der Waals surface area contributed by atoms with E-state index in [0.29, 0.717) is 19.6 Å². The second kappa shape index (κ2) is 9.94. The Morgan fingerprint density at radius 1 is 1.25 bits per heavy atom. The molecule has 4 nitrogen and oxygen atoms in total. The number of hydrogen-bond donors (Lipinski definition) is 1. The predicted molar refractivity (Wildman–Crippen MR) is 100.0 cm³/mol. The first-order chi connectivity index (χ1) is 11.7. The van der Waals surface area contributed by atoms with Gasteiger partial charge in [-0.15, -0.1) is 0 Å². The van der Waals surface area contributed by atoms with Crippen molar-refractivity contribution in [2.45, 2.75) is 38.5 Å². The molecule has 1 heterocycles. The maximum Gasteiger partial charge on any atom is 0.220 e. The monoisotopic (exact) mass is 351 g/mol. The molecule has 1 N–H and O–H groups in total. The summed E-state index contributed by atoms with van der Waals surface area (Å²) in [5, 5.41) is 3.15. The Balaban J connectivity index is 2.01. The standard InChI is InChI=1S/C19H29NO3S/c1-3-23-17-7-5-16(6-8-17)19(10-12-22-13-11-19)15-20-18(21)9-14-24-4-2/h5-8H,3-4,9-15H2,1-2H3,(H,20,21). The van der Waals surface area contributed by atoms with Crippen LogP contribution in [-0.2, 0) is 14.9 Å². The van der Waals surface area contributed by atoms with Gasteiger partial charge < -0.3 is 14.8 Å². The van der Waals surface area contributed by atoms with Crippen LogP contribution in [0.2, 0.25) is 0 Å². The van der Waals surface area contributed by atoms with Gasteiger partial charge in [0.25, 0.3) is 0 Å². The van der Waals surface area contributed by atoms with Crippen LogP contribution < -0.4 is 10.1 Å². The first-order valence-electron chi connectivity index (χ1n) is 8.85. The largest absolute Gasteiger partial charge is 0.494 e. The lowest BCUT2D eigenvalue weighted by Gasteiger charge is -2.38. The number of nitrogens with one attached hydrogen (secondary N) is 1. The van der Waals surface area contributed by atoms with Crippen molar-refractivity contribution in [2.24, 2.45) is 0 Å². The highest BCUT2D eigenvalue weighted by molar-refractivity contribution is 7.99. The van der Waals surface area contributed by atoms with Gasteiger partial charge >= 0.3 is 0 Å². The number of hydrogen-bond acceptors (Lipinski definition) is 4. The summed E-state index contributed by atoms with van der Waals surface area (Å²) in [5.41, 5.74) is 1.23. The Morgan fingerprint density at radius 3 is 2.58 bits per heavy atom. The van der Waals surface area contributed by atoms with E-state index in [4.69, 9.17) is 9.47 Å². The zero-order valence-electron chi connectivity index (χ0n) is 14.8. The van der Waals surface area contributed by atoms with Crippen LogP contribution in [0.1, 0.15) is 38.7 Å². The summed E-state index contributed by atoms with van der Waals surface area (Å²) in [7, 11) is 0. The molecule has 0 atom stereocenters. The molecular weight excluding hydrogens is 322 g/mol. The third-order valence-electron chi connectivity index (χ3n) is 4.53. The van der Waals surface area contributed by atoms with Gasteiger partial charge in [0, 0.05) is 37.3 Å². The Kier molecular flexibility index (Phi) is 7.92. The molecule has 1 saturated heterocycles. The second-order valence-electron chi connectivity index (χ2n) is 6.07. The van der Waals surface area contributed by atoms with Gasteiger partial charge in [-0.1, -0.05) is 19.1 Å². The smallest absolute Gasteiger partial charge is 0.220 e.